The summed E-state index contributed by atoms with van der Waals surface area (Å²) in [5.74, 6) is -0.176. The summed E-state index contributed by atoms with van der Waals surface area (Å²) in [6.45, 7) is 4.62. The zero-order chi connectivity index (χ0) is 54.2. The Balaban J connectivity index is 4.19. The number of nitrogens with zero attached hydrogens (tertiary/aromatic N) is 1. The largest absolute Gasteiger partial charge is 0.756 e. The van der Waals surface area contributed by atoms with Crippen molar-refractivity contribution in [1.29, 1.82) is 0 Å². The fourth-order valence-corrected chi connectivity index (χ4v) is 9.57. The molecule has 0 fully saturated rings. The monoisotopic (exact) mass is 1050 g/mol. The number of phosphoric ester groups is 1. The third kappa shape index (κ3) is 57.4. The molecule has 0 saturated carbocycles. The lowest BCUT2D eigenvalue weighted by Crippen LogP contribution is -2.46. The zero-order valence-corrected chi connectivity index (χ0v) is 49.9. The summed E-state index contributed by atoms with van der Waals surface area (Å²) in [5, 5.41) is 14.1. The molecule has 8 nitrogen and oxygen atoms in total. The fourth-order valence-electron chi connectivity index (χ4n) is 8.85. The van der Waals surface area contributed by atoms with Crippen molar-refractivity contribution in [2.24, 2.45) is 0 Å². The van der Waals surface area contributed by atoms with Gasteiger partial charge < -0.3 is 28.8 Å². The second-order valence-corrected chi connectivity index (χ2v) is 23.4. The first-order valence-corrected chi connectivity index (χ1v) is 32.4. The number of hydrogen-bond donors (Lipinski definition) is 2. The van der Waals surface area contributed by atoms with E-state index in [2.05, 4.69) is 104 Å². The van der Waals surface area contributed by atoms with Crippen LogP contribution < -0.4 is 10.2 Å². The summed E-state index contributed by atoms with van der Waals surface area (Å²) in [4.78, 5) is 25.6. The summed E-state index contributed by atoms with van der Waals surface area (Å²) in [5.41, 5.74) is 0. The molecule has 74 heavy (non-hydrogen) atoms. The fraction of sp³-hybridized carbons (Fsp3) is 0.769. The predicted octanol–water partition coefficient (Wildman–Crippen LogP) is 18.6. The van der Waals surface area contributed by atoms with Crippen LogP contribution in [0.3, 0.4) is 0 Å². The van der Waals surface area contributed by atoms with E-state index >= 15 is 0 Å². The van der Waals surface area contributed by atoms with Crippen LogP contribution in [-0.4, -0.2) is 68.5 Å². The molecule has 0 heterocycles. The highest BCUT2D eigenvalue weighted by atomic mass is 31.2. The van der Waals surface area contributed by atoms with E-state index in [9.17, 15) is 19.4 Å². The average molecular weight is 1060 g/mol. The van der Waals surface area contributed by atoms with Crippen molar-refractivity contribution in [3.8, 4) is 0 Å². The van der Waals surface area contributed by atoms with Crippen molar-refractivity contribution >= 4 is 13.7 Å². The van der Waals surface area contributed by atoms with Crippen LogP contribution in [-0.2, 0) is 18.4 Å². The number of carbonyl (C=O) groups is 1. The minimum Gasteiger partial charge on any atom is -0.756 e. The number of carbonyl (C=O) groups excluding carboxylic acids is 1. The van der Waals surface area contributed by atoms with E-state index in [0.717, 1.165) is 96.3 Å². The van der Waals surface area contributed by atoms with Gasteiger partial charge in [0.1, 0.15) is 13.2 Å². The lowest BCUT2D eigenvalue weighted by molar-refractivity contribution is -0.870. The maximum Gasteiger partial charge on any atom is 0.268 e. The van der Waals surface area contributed by atoms with Crippen molar-refractivity contribution in [1.82, 2.24) is 5.32 Å². The number of hydrogen-bond acceptors (Lipinski definition) is 6. The number of nitrogens with one attached hydrogen (secondary N) is 1. The van der Waals surface area contributed by atoms with Crippen molar-refractivity contribution in [2.45, 2.75) is 283 Å². The Morgan fingerprint density at radius 3 is 1.20 bits per heavy atom. The summed E-state index contributed by atoms with van der Waals surface area (Å²) in [7, 11) is 1.29. The summed E-state index contributed by atoms with van der Waals surface area (Å²) < 4.78 is 23.5. The minimum absolute atomic E-state index is 0.00609. The predicted molar refractivity (Wildman–Crippen MR) is 320 cm³/mol. The van der Waals surface area contributed by atoms with E-state index in [-0.39, 0.29) is 19.1 Å². The Morgan fingerprint density at radius 1 is 0.486 bits per heavy atom. The average Bonchev–Trinajstić information content (AvgIpc) is 3.36. The van der Waals surface area contributed by atoms with Crippen molar-refractivity contribution in [3.05, 3.63) is 85.1 Å². The van der Waals surface area contributed by atoms with E-state index in [1.165, 1.54) is 148 Å². The maximum atomic E-state index is 13.0. The third-order valence-corrected chi connectivity index (χ3v) is 14.6. The van der Waals surface area contributed by atoms with Gasteiger partial charge in [-0.3, -0.25) is 9.36 Å². The van der Waals surface area contributed by atoms with Crippen LogP contribution in [0, 0.1) is 0 Å². The van der Waals surface area contributed by atoms with Gasteiger partial charge in [-0.2, -0.15) is 0 Å². The van der Waals surface area contributed by atoms with Gasteiger partial charge >= 0.3 is 0 Å². The molecule has 0 bridgehead atoms. The van der Waals surface area contributed by atoms with Gasteiger partial charge in [0.05, 0.1) is 39.9 Å². The first-order chi connectivity index (χ1) is 36.0. The molecule has 3 unspecified atom stereocenters. The molecule has 0 aromatic heterocycles. The lowest BCUT2D eigenvalue weighted by Gasteiger charge is -2.30. The molecule has 9 heteroatoms. The van der Waals surface area contributed by atoms with Crippen LogP contribution in [0.15, 0.2) is 85.1 Å². The van der Waals surface area contributed by atoms with Crippen LogP contribution in [0.2, 0.25) is 0 Å². The second kappa shape index (κ2) is 55.4. The van der Waals surface area contributed by atoms with E-state index in [4.69, 9.17) is 9.05 Å². The number of aliphatic hydroxyl groups is 1. The number of likely N-dealkylation sites (N-methyl/N-ethyl adjacent to an activating group) is 1. The Bertz CT molecular complexity index is 1480. The van der Waals surface area contributed by atoms with E-state index < -0.39 is 20.0 Å². The number of aliphatic hydroxyl groups excluding tert-OH is 1. The third-order valence-electron chi connectivity index (χ3n) is 13.6. The molecule has 3 atom stereocenters. The van der Waals surface area contributed by atoms with Crippen LogP contribution in [0.25, 0.3) is 0 Å². The first kappa shape index (κ1) is 71.7. The number of quaternary nitrogens is 1. The Labute approximate surface area is 458 Å². The molecule has 0 rings (SSSR count). The van der Waals surface area contributed by atoms with Crippen molar-refractivity contribution in [3.63, 3.8) is 0 Å². The standard InChI is InChI=1S/C65H119N2O6P/c1-6-8-10-12-14-16-18-20-22-24-26-28-30-31-32-33-34-35-37-39-41-43-45-47-49-51-53-55-57-59-65(69)66-63(62-73-74(70,71)72-61-60-67(3,4)5)64(68)58-56-54-52-50-48-46-44-42-40-38-36-29-27-25-23-21-19-17-15-13-11-9-7-2/h8,10,14,16,20,22,26,28,31-32,34-35,39,41,63-64,68H,6-7,9,11-13,15,17-19,21,23-25,27,29-30,33,36-38,40,42-62H2,1-5H3,(H-,66,69,70,71)/b10-8-,16-14-,22-20-,28-26-,32-31-,35-34-,41-39-. The van der Waals surface area contributed by atoms with E-state index in [1.54, 1.807) is 0 Å². The van der Waals surface area contributed by atoms with Crippen LogP contribution in [0.5, 0.6) is 0 Å². The van der Waals surface area contributed by atoms with Crippen LogP contribution in [0.1, 0.15) is 271 Å². The van der Waals surface area contributed by atoms with Gasteiger partial charge in [-0.1, -0.05) is 279 Å². The number of phosphoric acid groups is 1. The quantitative estimate of drug-likeness (QED) is 0.0272. The molecule has 0 radical (unpaired) electrons. The highest BCUT2D eigenvalue weighted by molar-refractivity contribution is 7.45. The molecule has 1 amide bonds. The van der Waals surface area contributed by atoms with E-state index in [0.29, 0.717) is 23.9 Å². The van der Waals surface area contributed by atoms with Gasteiger partial charge in [-0.25, -0.2) is 0 Å². The Morgan fingerprint density at radius 2 is 0.824 bits per heavy atom. The van der Waals surface area contributed by atoms with Gasteiger partial charge in [-0.05, 0) is 70.6 Å². The summed E-state index contributed by atoms with van der Waals surface area (Å²) >= 11 is 0. The molecule has 0 aliphatic heterocycles. The molecule has 0 saturated heterocycles. The van der Waals surface area contributed by atoms with Gasteiger partial charge in [0.15, 0.2) is 0 Å². The lowest BCUT2D eigenvalue weighted by atomic mass is 10.0. The van der Waals surface area contributed by atoms with Crippen molar-refractivity contribution < 1.29 is 32.9 Å². The van der Waals surface area contributed by atoms with Gasteiger partial charge in [0.25, 0.3) is 7.82 Å². The highest BCUT2D eigenvalue weighted by Crippen LogP contribution is 2.38. The zero-order valence-electron chi connectivity index (χ0n) is 49.0. The molecule has 0 aliphatic carbocycles. The van der Waals surface area contributed by atoms with Crippen LogP contribution in [0.4, 0.5) is 0 Å². The second-order valence-electron chi connectivity index (χ2n) is 22.0. The number of allylic oxidation sites excluding steroid dienone is 14. The first-order valence-electron chi connectivity index (χ1n) is 30.9. The minimum atomic E-state index is -4.59. The molecule has 430 valence electrons. The normalized spacial score (nSPS) is 14.4. The van der Waals surface area contributed by atoms with Gasteiger partial charge in [0, 0.05) is 6.42 Å². The Hall–Kier alpha value is -2.32. The summed E-state index contributed by atoms with van der Waals surface area (Å²) in [6, 6.07) is -0.814. The molecule has 0 aliphatic rings. The molecule has 0 aromatic carbocycles. The van der Waals surface area contributed by atoms with Crippen LogP contribution >= 0.6 is 7.82 Å². The molecule has 0 aromatic rings. The Kier molecular flexibility index (Phi) is 53.7. The van der Waals surface area contributed by atoms with Crippen molar-refractivity contribution in [2.75, 3.05) is 40.9 Å². The van der Waals surface area contributed by atoms with Gasteiger partial charge in [0.2, 0.25) is 5.91 Å². The molecular weight excluding hydrogens is 936 g/mol. The SMILES string of the molecule is CC/C=C\C/C=C\C/C=C\C/C=C\C/C=C\C/C=C\C/C=C\CCCCCCCCCC(=O)NC(COP(=O)([O-])OCC[N+](C)(C)C)C(O)CCCCCCCCCCCCCCCCCCCCCCCCC. The number of rotatable bonds is 56. The summed E-state index contributed by atoms with van der Waals surface area (Å²) in [6.07, 6.45) is 77.6. The molecule has 2 N–H and O–H groups in total. The van der Waals surface area contributed by atoms with Gasteiger partial charge in [-0.15, -0.1) is 0 Å². The smallest absolute Gasteiger partial charge is 0.268 e. The van der Waals surface area contributed by atoms with E-state index in [1.807, 2.05) is 21.1 Å². The maximum absolute atomic E-state index is 13.0. The number of amides is 1. The number of unbranched alkanes of at least 4 members (excludes halogenated alkanes) is 29. The molecule has 0 spiro atoms. The topological polar surface area (TPSA) is 108 Å². The molecular formula is C65H119N2O6P. The highest BCUT2D eigenvalue weighted by Gasteiger charge is 2.24.